The van der Waals surface area contributed by atoms with Gasteiger partial charge in [0.25, 0.3) is 5.56 Å². The summed E-state index contributed by atoms with van der Waals surface area (Å²) in [4.78, 5) is 22.4. The van der Waals surface area contributed by atoms with Crippen LogP contribution in [-0.2, 0) is 16.1 Å². The molecule has 17 heavy (non-hydrogen) atoms. The second kappa shape index (κ2) is 6.47. The Morgan fingerprint density at radius 3 is 2.94 bits per heavy atom. The minimum atomic E-state index is -0.441. The zero-order valence-corrected chi connectivity index (χ0v) is 9.75. The van der Waals surface area contributed by atoms with Crippen LogP contribution in [0, 0.1) is 0 Å². The lowest BCUT2D eigenvalue weighted by molar-refractivity contribution is -0.137. The van der Waals surface area contributed by atoms with Gasteiger partial charge in [0.1, 0.15) is 0 Å². The van der Waals surface area contributed by atoms with Gasteiger partial charge < -0.3 is 9.47 Å². The lowest BCUT2D eigenvalue weighted by Crippen LogP contribution is -2.21. The zero-order chi connectivity index (χ0) is 12.7. The van der Waals surface area contributed by atoms with Crippen molar-refractivity contribution in [2.45, 2.75) is 13.5 Å². The highest BCUT2D eigenvalue weighted by atomic mass is 16.5. The van der Waals surface area contributed by atoms with Crippen molar-refractivity contribution < 1.29 is 14.3 Å². The van der Waals surface area contributed by atoms with Gasteiger partial charge in [-0.05, 0) is 6.92 Å². The van der Waals surface area contributed by atoms with Gasteiger partial charge in [-0.1, -0.05) is 6.08 Å². The Morgan fingerprint density at radius 2 is 2.29 bits per heavy atom. The van der Waals surface area contributed by atoms with Crippen LogP contribution in [0.5, 0.6) is 5.88 Å². The Bertz CT molecular complexity index is 465. The maximum Gasteiger partial charge on any atom is 0.330 e. The zero-order valence-electron chi connectivity index (χ0n) is 9.75. The van der Waals surface area contributed by atoms with E-state index in [1.54, 1.807) is 6.92 Å². The summed E-state index contributed by atoms with van der Waals surface area (Å²) in [6, 6.07) is 2.83. The summed E-state index contributed by atoms with van der Waals surface area (Å²) in [6.07, 6.45) is 2.77. The molecule has 0 aromatic carbocycles. The third-order valence-corrected chi connectivity index (χ3v) is 1.87. The molecule has 0 spiro atoms. The highest BCUT2D eigenvalue weighted by Crippen LogP contribution is 1.99. The number of hydrogen-bond acceptors (Lipinski definition) is 5. The monoisotopic (exact) mass is 238 g/mol. The number of methoxy groups -OCH3 is 1. The molecule has 1 rings (SSSR count). The van der Waals surface area contributed by atoms with Crippen LogP contribution in [-0.4, -0.2) is 29.5 Å². The van der Waals surface area contributed by atoms with E-state index in [2.05, 4.69) is 5.10 Å². The Morgan fingerprint density at radius 1 is 1.53 bits per heavy atom. The molecule has 1 aromatic heterocycles. The first-order chi connectivity index (χ1) is 8.17. The van der Waals surface area contributed by atoms with Gasteiger partial charge in [-0.15, -0.1) is 5.10 Å². The number of hydrogen-bond donors (Lipinski definition) is 0. The van der Waals surface area contributed by atoms with Crippen molar-refractivity contribution in [3.8, 4) is 5.88 Å². The van der Waals surface area contributed by atoms with Crippen LogP contribution in [0.1, 0.15) is 6.92 Å². The fourth-order valence-corrected chi connectivity index (χ4v) is 1.11. The van der Waals surface area contributed by atoms with Crippen molar-refractivity contribution in [2.75, 3.05) is 13.7 Å². The molecule has 0 aliphatic heterocycles. The minimum Gasteiger partial charge on any atom is -0.480 e. The topological polar surface area (TPSA) is 70.4 Å². The summed E-state index contributed by atoms with van der Waals surface area (Å²) < 4.78 is 10.8. The lowest BCUT2D eigenvalue weighted by atomic mass is 10.4. The summed E-state index contributed by atoms with van der Waals surface area (Å²) in [5.41, 5.74) is -0.265. The van der Waals surface area contributed by atoms with Gasteiger partial charge in [0.2, 0.25) is 5.88 Å². The van der Waals surface area contributed by atoms with Gasteiger partial charge in [-0.25, -0.2) is 9.48 Å². The molecule has 0 saturated carbocycles. The molecule has 0 N–H and O–H groups in total. The second-order valence-electron chi connectivity index (χ2n) is 3.05. The Labute approximate surface area is 98.5 Å². The van der Waals surface area contributed by atoms with Crippen LogP contribution in [0.4, 0.5) is 0 Å². The molecule has 0 unspecified atom stereocenters. The SMILES string of the molecule is CCOC(=O)/C=C/Cn1nc(OC)ccc1=O. The fraction of sp³-hybridized carbons (Fsp3) is 0.364. The van der Waals surface area contributed by atoms with Gasteiger partial charge in [0.15, 0.2) is 0 Å². The van der Waals surface area contributed by atoms with Crippen LogP contribution >= 0.6 is 0 Å². The highest BCUT2D eigenvalue weighted by molar-refractivity contribution is 5.81. The van der Waals surface area contributed by atoms with Gasteiger partial charge in [0.05, 0.1) is 20.3 Å². The largest absolute Gasteiger partial charge is 0.480 e. The van der Waals surface area contributed by atoms with E-state index in [4.69, 9.17) is 9.47 Å². The van der Waals surface area contributed by atoms with E-state index in [0.29, 0.717) is 12.5 Å². The average molecular weight is 238 g/mol. The molecule has 0 radical (unpaired) electrons. The molecule has 0 aliphatic carbocycles. The summed E-state index contributed by atoms with van der Waals surface area (Å²) in [5.74, 6) is -0.0995. The first kappa shape index (κ1) is 13.0. The molecule has 0 amide bonds. The van der Waals surface area contributed by atoms with E-state index in [-0.39, 0.29) is 12.1 Å². The summed E-state index contributed by atoms with van der Waals surface area (Å²) in [7, 11) is 1.46. The van der Waals surface area contributed by atoms with Gasteiger partial charge in [-0.3, -0.25) is 4.79 Å². The maximum absolute atomic E-state index is 11.4. The molecule has 92 valence electrons. The molecule has 0 atom stereocenters. The normalized spacial score (nSPS) is 10.5. The van der Waals surface area contributed by atoms with Crippen molar-refractivity contribution in [1.82, 2.24) is 9.78 Å². The molecule has 0 fully saturated rings. The van der Waals surface area contributed by atoms with Crippen LogP contribution in [0.3, 0.4) is 0 Å². The number of carbonyl (C=O) groups is 1. The predicted octanol–water partition coefficient (Wildman–Crippen LogP) is 0.371. The summed E-state index contributed by atoms with van der Waals surface area (Å²) >= 11 is 0. The molecule has 1 heterocycles. The number of rotatable bonds is 5. The number of aromatic nitrogens is 2. The van der Waals surface area contributed by atoms with Gasteiger partial charge >= 0.3 is 5.97 Å². The van der Waals surface area contributed by atoms with Crippen LogP contribution in [0.15, 0.2) is 29.1 Å². The summed E-state index contributed by atoms with van der Waals surface area (Å²) in [5, 5.41) is 3.91. The van der Waals surface area contributed by atoms with E-state index in [1.165, 1.54) is 36.1 Å². The smallest absolute Gasteiger partial charge is 0.330 e. The number of carbonyl (C=O) groups excluding carboxylic acids is 1. The number of allylic oxidation sites excluding steroid dienone is 1. The molecule has 6 nitrogen and oxygen atoms in total. The molecule has 0 aliphatic rings. The van der Waals surface area contributed by atoms with Crippen LogP contribution in [0.25, 0.3) is 0 Å². The molecule has 6 heteroatoms. The first-order valence-corrected chi connectivity index (χ1v) is 5.12. The third-order valence-electron chi connectivity index (χ3n) is 1.87. The van der Waals surface area contributed by atoms with Crippen LogP contribution < -0.4 is 10.3 Å². The molecular weight excluding hydrogens is 224 g/mol. The first-order valence-electron chi connectivity index (χ1n) is 5.12. The van der Waals surface area contributed by atoms with E-state index in [9.17, 15) is 9.59 Å². The molecular formula is C11H14N2O4. The van der Waals surface area contributed by atoms with Gasteiger partial charge in [-0.2, -0.15) is 0 Å². The van der Waals surface area contributed by atoms with E-state index >= 15 is 0 Å². The Kier molecular flexibility index (Phi) is 4.93. The number of nitrogens with zero attached hydrogens (tertiary/aromatic N) is 2. The lowest BCUT2D eigenvalue weighted by Gasteiger charge is -2.02. The standard InChI is InChI=1S/C11H14N2O4/c1-3-17-11(15)5-4-8-13-10(14)7-6-9(12-13)16-2/h4-7H,3,8H2,1-2H3/b5-4+. The van der Waals surface area contributed by atoms with Crippen molar-refractivity contribution in [2.24, 2.45) is 0 Å². The second-order valence-corrected chi connectivity index (χ2v) is 3.05. The Hall–Kier alpha value is -2.11. The predicted molar refractivity (Wildman–Crippen MR) is 60.8 cm³/mol. The minimum absolute atomic E-state index is 0.189. The Balaban J connectivity index is 2.68. The quantitative estimate of drug-likeness (QED) is 0.547. The molecule has 1 aromatic rings. The highest BCUT2D eigenvalue weighted by Gasteiger charge is 1.99. The van der Waals surface area contributed by atoms with Crippen molar-refractivity contribution in [1.29, 1.82) is 0 Å². The number of esters is 1. The van der Waals surface area contributed by atoms with Crippen molar-refractivity contribution >= 4 is 5.97 Å². The van der Waals surface area contributed by atoms with Crippen molar-refractivity contribution in [3.63, 3.8) is 0 Å². The van der Waals surface area contributed by atoms with E-state index in [0.717, 1.165) is 0 Å². The number of ether oxygens (including phenoxy) is 2. The van der Waals surface area contributed by atoms with Gasteiger partial charge in [0, 0.05) is 18.2 Å². The fourth-order valence-electron chi connectivity index (χ4n) is 1.11. The van der Waals surface area contributed by atoms with Crippen molar-refractivity contribution in [3.05, 3.63) is 34.6 Å². The molecule has 0 saturated heterocycles. The van der Waals surface area contributed by atoms with Crippen LogP contribution in [0.2, 0.25) is 0 Å². The maximum atomic E-state index is 11.4. The average Bonchev–Trinajstić information content (AvgIpc) is 2.32. The van der Waals surface area contributed by atoms with E-state index in [1.807, 2.05) is 0 Å². The molecule has 0 bridgehead atoms. The summed E-state index contributed by atoms with van der Waals surface area (Å²) in [6.45, 7) is 2.23. The third kappa shape index (κ3) is 4.10. The van der Waals surface area contributed by atoms with E-state index < -0.39 is 5.97 Å².